The Morgan fingerprint density at radius 1 is 1.21 bits per heavy atom. The molecule has 1 saturated carbocycles. The van der Waals surface area contributed by atoms with Crippen LogP contribution in [0.5, 0.6) is 5.88 Å². The summed E-state index contributed by atoms with van der Waals surface area (Å²) < 4.78 is 6.37. The number of aryl methyl sites for hydroxylation is 1. The van der Waals surface area contributed by atoms with Gasteiger partial charge in [-0.1, -0.05) is 6.42 Å². The molecule has 1 unspecified atom stereocenters. The third kappa shape index (κ3) is 6.38. The monoisotopic (exact) mass is 659 g/mol. The fourth-order valence-electron chi connectivity index (χ4n) is 8.19. The number of likely N-dealkylation sites (N-methyl/N-ethyl adjacent to an activating group) is 1. The molecular weight excluding hydrogens is 615 g/mol. The van der Waals surface area contributed by atoms with E-state index >= 15 is 0 Å². The molecule has 6 N–H and O–H groups in total. The Morgan fingerprint density at radius 3 is 2.70 bits per heavy atom. The Balaban J connectivity index is 1.28. The standard InChI is InChI=1S/C34H45N9O3S/c1-20(24-9-7-15-42(24)2)46-27-18-26(39-14-11-23(36)33(45)43-16-3-4-17-43)40-32(41-27)29(37)21-8-5-12-34(30(21)44)13-6-10-25-28(34)22(19-35)31(38)47-25/h11,14,18,20-21,24,30,36-37,44H,3-10,12-13,15-17,38H2,1-2H3,(H,39,40,41)/b14-11-,36-23?,37-29?/t20-,21-,24-,30?,34-/m0/s1. The minimum atomic E-state index is -0.906. The van der Waals surface area contributed by atoms with Crippen molar-refractivity contribution in [2.45, 2.75) is 94.8 Å². The van der Waals surface area contributed by atoms with Crippen molar-refractivity contribution in [1.29, 1.82) is 16.1 Å². The number of aliphatic hydroxyl groups excluding tert-OH is 1. The number of nitrogens with one attached hydrogen (secondary N) is 3. The molecule has 2 saturated heterocycles. The van der Waals surface area contributed by atoms with Gasteiger partial charge in [-0.15, -0.1) is 11.3 Å². The van der Waals surface area contributed by atoms with E-state index in [9.17, 15) is 20.6 Å². The third-order valence-electron chi connectivity index (χ3n) is 10.6. The third-order valence-corrected chi connectivity index (χ3v) is 11.7. The largest absolute Gasteiger partial charge is 0.473 e. The Morgan fingerprint density at radius 2 is 1.98 bits per heavy atom. The molecule has 0 aromatic carbocycles. The summed E-state index contributed by atoms with van der Waals surface area (Å²) in [5.74, 6) is -0.0373. The number of aromatic nitrogens is 2. The van der Waals surface area contributed by atoms with Crippen LogP contribution >= 0.6 is 11.3 Å². The van der Waals surface area contributed by atoms with Crippen LogP contribution in [-0.4, -0.2) is 87.1 Å². The Kier molecular flexibility index (Phi) is 9.64. The number of nitrogen functional groups attached to an aromatic ring is 1. The number of aliphatic hydroxyl groups is 1. The van der Waals surface area contributed by atoms with Crippen LogP contribution in [0.4, 0.5) is 10.8 Å². The Hall–Kier alpha value is -3.86. The van der Waals surface area contributed by atoms with E-state index in [1.54, 1.807) is 11.0 Å². The van der Waals surface area contributed by atoms with Crippen LogP contribution in [0.1, 0.15) is 86.5 Å². The molecular formula is C34H45N9O3S. The maximum atomic E-state index is 12.6. The van der Waals surface area contributed by atoms with Crippen molar-refractivity contribution in [3.63, 3.8) is 0 Å². The van der Waals surface area contributed by atoms with Crippen LogP contribution < -0.4 is 15.8 Å². The highest BCUT2D eigenvalue weighted by molar-refractivity contribution is 7.16. The van der Waals surface area contributed by atoms with Gasteiger partial charge in [0.1, 0.15) is 28.7 Å². The number of carbonyl (C=O) groups excluding carboxylic acids is 1. The highest BCUT2D eigenvalue weighted by Crippen LogP contribution is 2.54. The van der Waals surface area contributed by atoms with Crippen molar-refractivity contribution in [2.24, 2.45) is 5.92 Å². The number of fused-ring (bicyclic) bond motifs is 2. The molecule has 3 fully saturated rings. The summed E-state index contributed by atoms with van der Waals surface area (Å²) in [5, 5.41) is 43.3. The van der Waals surface area contributed by atoms with Crippen LogP contribution in [0.15, 0.2) is 18.3 Å². The Bertz CT molecular complexity index is 1610. The van der Waals surface area contributed by atoms with E-state index in [4.69, 9.17) is 20.9 Å². The van der Waals surface area contributed by atoms with Gasteiger partial charge >= 0.3 is 0 Å². The zero-order valence-corrected chi connectivity index (χ0v) is 28.0. The normalized spacial score (nSPS) is 26.7. The number of anilines is 2. The molecule has 5 atom stereocenters. The molecule has 2 aliphatic carbocycles. The number of likely N-dealkylation sites (tertiary alicyclic amines) is 2. The molecule has 6 rings (SSSR count). The summed E-state index contributed by atoms with van der Waals surface area (Å²) in [5.41, 5.74) is 6.97. The van der Waals surface area contributed by atoms with Gasteiger partial charge < -0.3 is 31.2 Å². The smallest absolute Gasteiger partial charge is 0.271 e. The number of nitrogens with zero attached hydrogens (tertiary/aromatic N) is 5. The first-order valence-electron chi connectivity index (χ1n) is 16.8. The SMILES string of the molecule is C[C@H](Oc1cc(N/C=C\C(=N)C(=O)N2CCCC2)nc(C(=N)[C@@H]2CCC[C@@]3(CCCc4sc(N)c(C#N)c43)C2O)n1)[C@@H]1CCCN1C. The van der Waals surface area contributed by atoms with Crippen LogP contribution in [0.2, 0.25) is 0 Å². The van der Waals surface area contributed by atoms with E-state index < -0.39 is 17.4 Å². The maximum absolute atomic E-state index is 12.6. The van der Waals surface area contributed by atoms with E-state index in [0.29, 0.717) is 41.8 Å². The van der Waals surface area contributed by atoms with E-state index in [-0.39, 0.29) is 35.3 Å². The van der Waals surface area contributed by atoms with Crippen molar-refractivity contribution in [1.82, 2.24) is 19.8 Å². The second-order valence-corrected chi connectivity index (χ2v) is 14.6. The molecule has 2 aromatic heterocycles. The number of amides is 1. The average Bonchev–Trinajstić information content (AvgIpc) is 3.82. The number of carbonyl (C=O) groups is 1. The summed E-state index contributed by atoms with van der Waals surface area (Å²) in [6.07, 6.45) is 10.4. The molecule has 4 heterocycles. The first kappa shape index (κ1) is 33.1. The van der Waals surface area contributed by atoms with Crippen LogP contribution in [0.3, 0.4) is 0 Å². The molecule has 0 bridgehead atoms. The van der Waals surface area contributed by atoms with Crippen molar-refractivity contribution >= 4 is 39.5 Å². The molecule has 0 radical (unpaired) electrons. The van der Waals surface area contributed by atoms with Crippen LogP contribution in [0, 0.1) is 28.1 Å². The fourth-order valence-corrected chi connectivity index (χ4v) is 9.36. The minimum Gasteiger partial charge on any atom is -0.473 e. The first-order chi connectivity index (χ1) is 22.6. The number of ether oxygens (including phenoxy) is 1. The minimum absolute atomic E-state index is 0.116. The predicted molar refractivity (Wildman–Crippen MR) is 182 cm³/mol. The van der Waals surface area contributed by atoms with Crippen molar-refractivity contribution in [3.05, 3.63) is 40.2 Å². The van der Waals surface area contributed by atoms with E-state index in [0.717, 1.165) is 74.8 Å². The maximum Gasteiger partial charge on any atom is 0.271 e. The average molecular weight is 660 g/mol. The van der Waals surface area contributed by atoms with E-state index in [1.807, 2.05) is 6.92 Å². The second kappa shape index (κ2) is 13.7. The number of rotatable bonds is 9. The Labute approximate surface area is 280 Å². The van der Waals surface area contributed by atoms with E-state index in [2.05, 4.69) is 28.3 Å². The highest BCUT2D eigenvalue weighted by Gasteiger charge is 2.51. The molecule has 2 aliphatic heterocycles. The zero-order valence-electron chi connectivity index (χ0n) is 27.2. The molecule has 2 aromatic rings. The molecule has 12 nitrogen and oxygen atoms in total. The fraction of sp³-hybridized carbons (Fsp3) is 0.588. The number of nitriles is 1. The number of hydrogen-bond acceptors (Lipinski definition) is 12. The lowest BCUT2D eigenvalue weighted by Crippen LogP contribution is -2.51. The molecule has 1 spiro atoms. The van der Waals surface area contributed by atoms with Gasteiger partial charge in [0.05, 0.1) is 17.4 Å². The number of thiophene rings is 1. The van der Waals surface area contributed by atoms with Crippen molar-refractivity contribution < 1.29 is 14.6 Å². The van der Waals surface area contributed by atoms with Crippen molar-refractivity contribution in [3.8, 4) is 11.9 Å². The summed E-state index contributed by atoms with van der Waals surface area (Å²) in [4.78, 5) is 27.0. The second-order valence-electron chi connectivity index (χ2n) is 13.4. The van der Waals surface area contributed by atoms with Crippen LogP contribution in [0.25, 0.3) is 0 Å². The van der Waals surface area contributed by atoms with Crippen molar-refractivity contribution in [2.75, 3.05) is 37.7 Å². The lowest BCUT2D eigenvalue weighted by atomic mass is 9.58. The van der Waals surface area contributed by atoms with Gasteiger partial charge in [0.15, 0.2) is 5.82 Å². The lowest BCUT2D eigenvalue weighted by Gasteiger charge is -2.48. The molecule has 47 heavy (non-hydrogen) atoms. The molecule has 1 amide bonds. The molecule has 4 aliphatic rings. The van der Waals surface area contributed by atoms with Gasteiger partial charge in [-0.2, -0.15) is 10.2 Å². The topological polar surface area (TPSA) is 188 Å². The van der Waals surface area contributed by atoms with Gasteiger partial charge in [-0.3, -0.25) is 15.1 Å². The van der Waals surface area contributed by atoms with Gasteiger partial charge in [-0.25, -0.2) is 4.98 Å². The van der Waals surface area contributed by atoms with Gasteiger partial charge in [-0.05, 0) is 89.9 Å². The summed E-state index contributed by atoms with van der Waals surface area (Å²) in [6, 6.07) is 4.20. The first-order valence-corrected chi connectivity index (χ1v) is 17.6. The highest BCUT2D eigenvalue weighted by atomic mass is 32.1. The van der Waals surface area contributed by atoms with Gasteiger partial charge in [0, 0.05) is 47.6 Å². The number of nitrogens with two attached hydrogens (primary N) is 1. The molecule has 13 heteroatoms. The summed E-state index contributed by atoms with van der Waals surface area (Å²) >= 11 is 1.45. The summed E-state index contributed by atoms with van der Waals surface area (Å²) in [6.45, 7) is 4.36. The number of hydrogen-bond donors (Lipinski definition) is 5. The molecule has 250 valence electrons. The lowest BCUT2D eigenvalue weighted by molar-refractivity contribution is -0.123. The van der Waals surface area contributed by atoms with Crippen LogP contribution in [-0.2, 0) is 16.6 Å². The van der Waals surface area contributed by atoms with Gasteiger partial charge in [0.2, 0.25) is 5.88 Å². The quantitative estimate of drug-likeness (QED) is 0.246. The predicted octanol–water partition coefficient (Wildman–Crippen LogP) is 4.22. The van der Waals surface area contributed by atoms with E-state index in [1.165, 1.54) is 23.6 Å². The summed E-state index contributed by atoms with van der Waals surface area (Å²) in [7, 11) is 2.09. The van der Waals surface area contributed by atoms with Gasteiger partial charge in [0.25, 0.3) is 5.91 Å². The zero-order chi connectivity index (χ0) is 33.3.